The zero-order valence-corrected chi connectivity index (χ0v) is 11.6. The molecule has 5 nitrogen and oxygen atoms in total. The van der Waals surface area contributed by atoms with Gasteiger partial charge in [0.2, 0.25) is 5.91 Å². The van der Waals surface area contributed by atoms with Crippen LogP contribution >= 0.6 is 0 Å². The molecule has 1 aliphatic heterocycles. The highest BCUT2D eigenvalue weighted by molar-refractivity contribution is 5.94. The van der Waals surface area contributed by atoms with Crippen molar-refractivity contribution in [3.05, 3.63) is 42.5 Å². The van der Waals surface area contributed by atoms with E-state index in [2.05, 4.69) is 23.1 Å². The Kier molecular flexibility index (Phi) is 3.50. The number of benzene rings is 1. The number of para-hydroxylation sites is 1. The van der Waals surface area contributed by atoms with Gasteiger partial charge in [-0.3, -0.25) is 9.48 Å². The Bertz CT molecular complexity index is 594. The third-order valence-corrected chi connectivity index (χ3v) is 3.67. The maximum atomic E-state index is 12.5. The van der Waals surface area contributed by atoms with Crippen LogP contribution in [0.5, 0.6) is 0 Å². The fourth-order valence-electron chi connectivity index (χ4n) is 2.73. The molecular weight excluding hydrogens is 252 g/mol. The van der Waals surface area contributed by atoms with Gasteiger partial charge in [-0.05, 0) is 24.0 Å². The molecule has 0 saturated heterocycles. The molecular formula is C15H18N4O. The van der Waals surface area contributed by atoms with E-state index in [4.69, 9.17) is 0 Å². The van der Waals surface area contributed by atoms with Gasteiger partial charge in [-0.25, -0.2) is 4.98 Å². The third kappa shape index (κ3) is 2.57. The summed E-state index contributed by atoms with van der Waals surface area (Å²) in [7, 11) is 0. The standard InChI is InChI=1S/C15H18N4O/c1-12-8-13-4-2-3-5-14(13)19(9-12)15(20)6-7-18-11-16-10-17-18/h2-5,10-12H,6-9H2,1H3/t12-/m0/s1. The van der Waals surface area contributed by atoms with Gasteiger partial charge in [0.15, 0.2) is 0 Å². The number of carbonyl (C=O) groups excluding carboxylic acids is 1. The zero-order valence-electron chi connectivity index (χ0n) is 11.6. The van der Waals surface area contributed by atoms with E-state index < -0.39 is 0 Å². The predicted molar refractivity (Wildman–Crippen MR) is 76.3 cm³/mol. The molecule has 1 aliphatic rings. The quantitative estimate of drug-likeness (QED) is 0.856. The van der Waals surface area contributed by atoms with Crippen molar-refractivity contribution in [2.24, 2.45) is 5.92 Å². The molecule has 3 rings (SSSR count). The minimum Gasteiger partial charge on any atom is -0.312 e. The van der Waals surface area contributed by atoms with Crippen molar-refractivity contribution in [1.82, 2.24) is 14.8 Å². The van der Waals surface area contributed by atoms with Gasteiger partial charge in [0.1, 0.15) is 12.7 Å². The van der Waals surface area contributed by atoms with Gasteiger partial charge < -0.3 is 4.90 Å². The summed E-state index contributed by atoms with van der Waals surface area (Å²) in [6, 6.07) is 8.18. The number of aryl methyl sites for hydroxylation is 1. The van der Waals surface area contributed by atoms with E-state index in [9.17, 15) is 4.79 Å². The van der Waals surface area contributed by atoms with Crippen LogP contribution in [0.2, 0.25) is 0 Å². The first kappa shape index (κ1) is 12.8. The Morgan fingerprint density at radius 1 is 1.40 bits per heavy atom. The van der Waals surface area contributed by atoms with Gasteiger partial charge in [-0.2, -0.15) is 5.10 Å². The summed E-state index contributed by atoms with van der Waals surface area (Å²) in [6.45, 7) is 3.56. The Morgan fingerprint density at radius 3 is 3.05 bits per heavy atom. The summed E-state index contributed by atoms with van der Waals surface area (Å²) < 4.78 is 1.69. The Balaban J connectivity index is 1.74. The molecule has 20 heavy (non-hydrogen) atoms. The molecule has 0 bridgehead atoms. The van der Waals surface area contributed by atoms with Crippen LogP contribution in [0, 0.1) is 5.92 Å². The second kappa shape index (κ2) is 5.45. The van der Waals surface area contributed by atoms with Crippen LogP contribution in [0.25, 0.3) is 0 Å². The van der Waals surface area contributed by atoms with Crippen LogP contribution in [0.15, 0.2) is 36.9 Å². The molecule has 1 aromatic heterocycles. The molecule has 2 aromatic rings. The fourth-order valence-corrected chi connectivity index (χ4v) is 2.73. The van der Waals surface area contributed by atoms with E-state index in [-0.39, 0.29) is 5.91 Å². The molecule has 0 aliphatic carbocycles. The second-order valence-corrected chi connectivity index (χ2v) is 5.35. The van der Waals surface area contributed by atoms with Crippen molar-refractivity contribution in [1.29, 1.82) is 0 Å². The predicted octanol–water partition coefficient (Wildman–Crippen LogP) is 1.89. The molecule has 0 spiro atoms. The number of carbonyl (C=O) groups is 1. The maximum Gasteiger partial charge on any atom is 0.228 e. The van der Waals surface area contributed by atoms with E-state index in [1.807, 2.05) is 23.1 Å². The summed E-state index contributed by atoms with van der Waals surface area (Å²) in [5.41, 5.74) is 2.33. The first-order valence-corrected chi connectivity index (χ1v) is 6.94. The van der Waals surface area contributed by atoms with Crippen molar-refractivity contribution in [2.75, 3.05) is 11.4 Å². The van der Waals surface area contributed by atoms with Crippen LogP contribution in [-0.2, 0) is 17.8 Å². The molecule has 2 heterocycles. The number of rotatable bonds is 3. The van der Waals surface area contributed by atoms with Gasteiger partial charge in [-0.1, -0.05) is 25.1 Å². The Morgan fingerprint density at radius 2 is 2.25 bits per heavy atom. The van der Waals surface area contributed by atoms with Gasteiger partial charge in [0, 0.05) is 18.7 Å². The molecule has 0 unspecified atom stereocenters. The number of fused-ring (bicyclic) bond motifs is 1. The molecule has 0 radical (unpaired) electrons. The lowest BCUT2D eigenvalue weighted by Gasteiger charge is -2.33. The number of amides is 1. The van der Waals surface area contributed by atoms with E-state index in [1.165, 1.54) is 11.9 Å². The van der Waals surface area contributed by atoms with Gasteiger partial charge in [0.05, 0.1) is 6.54 Å². The van der Waals surface area contributed by atoms with Crippen LogP contribution in [0.4, 0.5) is 5.69 Å². The number of hydrogen-bond donors (Lipinski definition) is 0. The summed E-state index contributed by atoms with van der Waals surface area (Å²) in [5, 5.41) is 4.03. The van der Waals surface area contributed by atoms with E-state index in [0.717, 1.165) is 18.7 Å². The summed E-state index contributed by atoms with van der Waals surface area (Å²) in [5.74, 6) is 0.653. The molecule has 0 saturated carbocycles. The zero-order chi connectivity index (χ0) is 13.9. The lowest BCUT2D eigenvalue weighted by molar-refractivity contribution is -0.119. The number of hydrogen-bond acceptors (Lipinski definition) is 3. The maximum absolute atomic E-state index is 12.5. The second-order valence-electron chi connectivity index (χ2n) is 5.35. The highest BCUT2D eigenvalue weighted by Gasteiger charge is 2.25. The van der Waals surface area contributed by atoms with Crippen molar-refractivity contribution in [2.45, 2.75) is 26.3 Å². The Labute approximate surface area is 118 Å². The number of anilines is 1. The minimum atomic E-state index is 0.152. The van der Waals surface area contributed by atoms with E-state index >= 15 is 0 Å². The minimum absolute atomic E-state index is 0.152. The van der Waals surface area contributed by atoms with E-state index in [0.29, 0.717) is 18.9 Å². The summed E-state index contributed by atoms with van der Waals surface area (Å²) >= 11 is 0. The lowest BCUT2D eigenvalue weighted by atomic mass is 9.93. The van der Waals surface area contributed by atoms with Crippen LogP contribution in [-0.4, -0.2) is 27.2 Å². The molecule has 0 N–H and O–H groups in total. The number of aromatic nitrogens is 3. The smallest absolute Gasteiger partial charge is 0.228 e. The summed E-state index contributed by atoms with van der Waals surface area (Å²) in [6.07, 6.45) is 4.62. The fraction of sp³-hybridized carbons (Fsp3) is 0.400. The Hall–Kier alpha value is -2.17. The van der Waals surface area contributed by atoms with Gasteiger partial charge in [-0.15, -0.1) is 0 Å². The van der Waals surface area contributed by atoms with Gasteiger partial charge in [0.25, 0.3) is 0 Å². The third-order valence-electron chi connectivity index (χ3n) is 3.67. The monoisotopic (exact) mass is 270 g/mol. The van der Waals surface area contributed by atoms with Gasteiger partial charge >= 0.3 is 0 Å². The SMILES string of the molecule is C[C@H]1Cc2ccccc2N(C(=O)CCn2cncn2)C1. The highest BCUT2D eigenvalue weighted by atomic mass is 16.2. The van der Waals surface area contributed by atoms with Crippen LogP contribution in [0.1, 0.15) is 18.9 Å². The summed E-state index contributed by atoms with van der Waals surface area (Å²) in [4.78, 5) is 18.3. The van der Waals surface area contributed by atoms with Crippen molar-refractivity contribution < 1.29 is 4.79 Å². The molecule has 1 amide bonds. The number of nitrogens with zero attached hydrogens (tertiary/aromatic N) is 4. The van der Waals surface area contributed by atoms with E-state index in [1.54, 1.807) is 11.0 Å². The van der Waals surface area contributed by atoms with Crippen molar-refractivity contribution in [3.63, 3.8) is 0 Å². The average molecular weight is 270 g/mol. The topological polar surface area (TPSA) is 51.0 Å². The average Bonchev–Trinajstić information content (AvgIpc) is 2.97. The molecule has 104 valence electrons. The molecule has 5 heteroatoms. The highest BCUT2D eigenvalue weighted by Crippen LogP contribution is 2.29. The molecule has 1 aromatic carbocycles. The van der Waals surface area contributed by atoms with Crippen LogP contribution < -0.4 is 4.90 Å². The first-order valence-electron chi connectivity index (χ1n) is 6.94. The molecule has 0 fully saturated rings. The molecule has 1 atom stereocenters. The first-order chi connectivity index (χ1) is 9.74. The van der Waals surface area contributed by atoms with Crippen molar-refractivity contribution >= 4 is 11.6 Å². The largest absolute Gasteiger partial charge is 0.312 e. The van der Waals surface area contributed by atoms with Crippen LogP contribution in [0.3, 0.4) is 0 Å². The lowest BCUT2D eigenvalue weighted by Crippen LogP contribution is -2.39. The normalized spacial score (nSPS) is 17.9. The van der Waals surface area contributed by atoms with Crippen molar-refractivity contribution in [3.8, 4) is 0 Å².